The Bertz CT molecular complexity index is 766. The maximum Gasteiger partial charge on any atom is 0.329 e. The van der Waals surface area contributed by atoms with E-state index in [1.54, 1.807) is 0 Å². The summed E-state index contributed by atoms with van der Waals surface area (Å²) in [4.78, 5) is 11.0. The van der Waals surface area contributed by atoms with Crippen LogP contribution in [0.3, 0.4) is 0 Å². The molecule has 1 saturated heterocycles. The molecule has 3 rings (SSSR count). The second-order valence-electron chi connectivity index (χ2n) is 7.54. The first-order valence-electron chi connectivity index (χ1n) is 10.4. The Hall–Kier alpha value is -2.25. The third kappa shape index (κ3) is 6.12. The highest BCUT2D eigenvalue weighted by molar-refractivity contribution is 5.68. The summed E-state index contributed by atoms with van der Waals surface area (Å²) in [5.41, 5.74) is 2.14. The molecule has 0 radical (unpaired) electrons. The van der Waals surface area contributed by atoms with Crippen LogP contribution in [0.15, 0.2) is 60.7 Å². The Morgan fingerprint density at radius 2 is 1.43 bits per heavy atom. The third-order valence-corrected chi connectivity index (χ3v) is 5.29. The van der Waals surface area contributed by atoms with Crippen molar-refractivity contribution < 1.29 is 28.8 Å². The molecule has 0 saturated carbocycles. The molecule has 0 bridgehead atoms. The van der Waals surface area contributed by atoms with Crippen LogP contribution in [0.5, 0.6) is 0 Å². The molecular formula is C24H30O6. The zero-order valence-corrected chi connectivity index (χ0v) is 17.5. The van der Waals surface area contributed by atoms with Crippen molar-refractivity contribution in [3.05, 3.63) is 71.8 Å². The van der Waals surface area contributed by atoms with E-state index >= 15 is 0 Å². The van der Waals surface area contributed by atoms with Gasteiger partial charge in [0.1, 0.15) is 12.7 Å². The number of aliphatic carboxylic acids is 1. The van der Waals surface area contributed by atoms with Crippen LogP contribution in [0, 0.1) is 5.92 Å². The lowest BCUT2D eigenvalue weighted by Crippen LogP contribution is -2.56. The van der Waals surface area contributed by atoms with Crippen molar-refractivity contribution in [3.8, 4) is 0 Å². The highest BCUT2D eigenvalue weighted by Gasteiger charge is 2.45. The molecule has 162 valence electrons. The first-order chi connectivity index (χ1) is 14.6. The van der Waals surface area contributed by atoms with Gasteiger partial charge in [0.2, 0.25) is 0 Å². The molecule has 3 unspecified atom stereocenters. The number of carbonyl (C=O) groups is 1. The number of ether oxygens (including phenoxy) is 4. The largest absolute Gasteiger partial charge is 0.480 e. The van der Waals surface area contributed by atoms with E-state index in [2.05, 4.69) is 0 Å². The second-order valence-corrected chi connectivity index (χ2v) is 7.54. The molecule has 30 heavy (non-hydrogen) atoms. The van der Waals surface area contributed by atoms with Gasteiger partial charge >= 0.3 is 5.97 Å². The van der Waals surface area contributed by atoms with Gasteiger partial charge in [-0.1, -0.05) is 74.5 Å². The van der Waals surface area contributed by atoms with Crippen molar-refractivity contribution >= 4 is 5.97 Å². The van der Waals surface area contributed by atoms with Gasteiger partial charge in [0.15, 0.2) is 6.29 Å². The van der Waals surface area contributed by atoms with Crippen LogP contribution >= 0.6 is 0 Å². The Balaban J connectivity index is 1.75. The van der Waals surface area contributed by atoms with E-state index in [0.29, 0.717) is 19.6 Å². The van der Waals surface area contributed by atoms with Crippen molar-refractivity contribution in [2.45, 2.75) is 58.1 Å². The van der Waals surface area contributed by atoms with Gasteiger partial charge in [0.25, 0.3) is 0 Å². The predicted octanol–water partition coefficient (Wildman–Crippen LogP) is 4.03. The number of carboxylic acid groups (broad SMARTS) is 1. The summed E-state index contributed by atoms with van der Waals surface area (Å²) in [6, 6.07) is 19.9. The molecule has 0 aliphatic carbocycles. The molecule has 1 fully saturated rings. The van der Waals surface area contributed by atoms with E-state index in [1.807, 2.05) is 74.5 Å². The van der Waals surface area contributed by atoms with Crippen molar-refractivity contribution in [2.75, 3.05) is 6.61 Å². The molecule has 0 aromatic heterocycles. The van der Waals surface area contributed by atoms with Crippen LogP contribution in [0.25, 0.3) is 0 Å². The molecule has 2 aromatic rings. The van der Waals surface area contributed by atoms with Crippen molar-refractivity contribution in [3.63, 3.8) is 0 Å². The van der Waals surface area contributed by atoms with Gasteiger partial charge in [-0.2, -0.15) is 0 Å². The molecule has 6 heteroatoms. The molecule has 2 aromatic carbocycles. The first kappa shape index (κ1) is 22.4. The highest BCUT2D eigenvalue weighted by Crippen LogP contribution is 2.33. The minimum atomic E-state index is -1.02. The van der Waals surface area contributed by atoms with Crippen LogP contribution in [0.2, 0.25) is 0 Å². The van der Waals surface area contributed by atoms with E-state index in [0.717, 1.165) is 11.1 Å². The van der Waals surface area contributed by atoms with Gasteiger partial charge in [-0.05, 0) is 17.5 Å². The minimum absolute atomic E-state index is 0.198. The van der Waals surface area contributed by atoms with E-state index < -0.39 is 18.9 Å². The molecule has 1 aliphatic rings. The van der Waals surface area contributed by atoms with Gasteiger partial charge in [0, 0.05) is 5.92 Å². The molecule has 5 atom stereocenters. The summed E-state index contributed by atoms with van der Waals surface area (Å²) >= 11 is 0. The molecular weight excluding hydrogens is 384 g/mol. The standard InChI is InChI=1S/C24H30O6/c1-3-20-23(28-15-19-12-8-5-9-13-19)22(27-14-18-10-6-4-7-11-18)17(2)24(30-20)29-16-21(25)26/h4-13,17,20,22-24H,3,14-16H2,1-2H3,(H,25,26)/t17-,20?,22?,23-,24?/m1/s1. The summed E-state index contributed by atoms with van der Waals surface area (Å²) < 4.78 is 24.2. The molecule has 1 N–H and O–H groups in total. The normalized spacial score (nSPS) is 26.4. The maximum atomic E-state index is 11.0. The zero-order chi connectivity index (χ0) is 21.3. The van der Waals surface area contributed by atoms with E-state index in [9.17, 15) is 4.79 Å². The highest BCUT2D eigenvalue weighted by atomic mass is 16.7. The van der Waals surface area contributed by atoms with Crippen LogP contribution in [0.1, 0.15) is 31.4 Å². The fourth-order valence-corrected chi connectivity index (χ4v) is 3.69. The van der Waals surface area contributed by atoms with Crippen molar-refractivity contribution in [2.24, 2.45) is 5.92 Å². The van der Waals surface area contributed by atoms with Crippen LogP contribution in [0.4, 0.5) is 0 Å². The van der Waals surface area contributed by atoms with Gasteiger partial charge < -0.3 is 24.1 Å². The number of hydrogen-bond donors (Lipinski definition) is 1. The van der Waals surface area contributed by atoms with Crippen molar-refractivity contribution in [1.82, 2.24) is 0 Å². The van der Waals surface area contributed by atoms with Crippen molar-refractivity contribution in [1.29, 1.82) is 0 Å². The number of carboxylic acids is 1. The lowest BCUT2D eigenvalue weighted by Gasteiger charge is -2.45. The van der Waals surface area contributed by atoms with E-state index in [4.69, 9.17) is 24.1 Å². The lowest BCUT2D eigenvalue weighted by molar-refractivity contribution is -0.294. The van der Waals surface area contributed by atoms with E-state index in [-0.39, 0.29) is 24.2 Å². The Morgan fingerprint density at radius 1 is 0.900 bits per heavy atom. The Labute approximate surface area is 177 Å². The molecule has 1 aliphatic heterocycles. The van der Waals surface area contributed by atoms with Crippen LogP contribution < -0.4 is 0 Å². The number of benzene rings is 2. The van der Waals surface area contributed by atoms with Gasteiger partial charge in [0.05, 0.1) is 25.4 Å². The molecule has 6 nitrogen and oxygen atoms in total. The molecule has 0 amide bonds. The monoisotopic (exact) mass is 414 g/mol. The summed E-state index contributed by atoms with van der Waals surface area (Å²) in [6.07, 6.45) is -0.817. The van der Waals surface area contributed by atoms with E-state index in [1.165, 1.54) is 0 Å². The first-order valence-corrected chi connectivity index (χ1v) is 10.4. The number of rotatable bonds is 10. The molecule has 1 heterocycles. The summed E-state index contributed by atoms with van der Waals surface area (Å²) in [5, 5.41) is 9.00. The minimum Gasteiger partial charge on any atom is -0.480 e. The average Bonchev–Trinajstić information content (AvgIpc) is 2.77. The van der Waals surface area contributed by atoms with Gasteiger partial charge in [-0.25, -0.2) is 4.79 Å². The SMILES string of the molecule is CCC1OC(OCC(=O)O)[C@H](C)C(OCc2ccccc2)[C@@H]1OCc1ccccc1. The van der Waals surface area contributed by atoms with Crippen LogP contribution in [-0.2, 0) is 37.0 Å². The fourth-order valence-electron chi connectivity index (χ4n) is 3.69. The maximum absolute atomic E-state index is 11.0. The smallest absolute Gasteiger partial charge is 0.329 e. The summed E-state index contributed by atoms with van der Waals surface area (Å²) in [5.74, 6) is -1.22. The Morgan fingerprint density at radius 3 is 1.93 bits per heavy atom. The quantitative estimate of drug-likeness (QED) is 0.633. The fraction of sp³-hybridized carbons (Fsp3) is 0.458. The van der Waals surface area contributed by atoms with Gasteiger partial charge in [-0.15, -0.1) is 0 Å². The third-order valence-electron chi connectivity index (χ3n) is 5.29. The molecule has 0 spiro atoms. The average molecular weight is 414 g/mol. The van der Waals surface area contributed by atoms with Crippen LogP contribution in [-0.4, -0.2) is 42.3 Å². The Kier molecular flexibility index (Phi) is 8.39. The lowest BCUT2D eigenvalue weighted by atomic mass is 9.90. The number of hydrogen-bond acceptors (Lipinski definition) is 5. The summed E-state index contributed by atoms with van der Waals surface area (Å²) in [6.45, 7) is 4.44. The zero-order valence-electron chi connectivity index (χ0n) is 17.5. The van der Waals surface area contributed by atoms with Gasteiger partial charge in [-0.3, -0.25) is 0 Å². The summed E-state index contributed by atoms with van der Waals surface area (Å²) in [7, 11) is 0. The topological polar surface area (TPSA) is 74.2 Å². The second kappa shape index (κ2) is 11.2. The predicted molar refractivity (Wildman–Crippen MR) is 112 cm³/mol.